The van der Waals surface area contributed by atoms with Gasteiger partial charge in [0, 0.05) is 6.07 Å². The number of hydrogen-bond donors (Lipinski definition) is 1. The van der Waals surface area contributed by atoms with E-state index in [1.807, 2.05) is 12.1 Å². The van der Waals surface area contributed by atoms with Crippen LogP contribution < -0.4 is 19.9 Å². The predicted octanol–water partition coefficient (Wildman–Crippen LogP) is 1.18. The summed E-state index contributed by atoms with van der Waals surface area (Å²) in [6.45, 7) is 0.951. The molecule has 2 N–H and O–H groups in total. The first kappa shape index (κ1) is 12.5. The molecule has 0 spiro atoms. The summed E-state index contributed by atoms with van der Waals surface area (Å²) >= 11 is 0. The number of halogens is 1. The van der Waals surface area contributed by atoms with E-state index in [9.17, 15) is 0 Å². The third kappa shape index (κ3) is 2.96. The molecule has 0 fully saturated rings. The Bertz CT molecular complexity index is 411. The minimum atomic E-state index is 0. The highest BCUT2D eigenvalue weighted by molar-refractivity contribution is 5.85. The highest BCUT2D eigenvalue weighted by Crippen LogP contribution is 2.34. The van der Waals surface area contributed by atoms with Gasteiger partial charge in [0.05, 0.1) is 6.54 Å². The molecule has 0 saturated carbocycles. The highest BCUT2D eigenvalue weighted by Gasteiger charge is 2.13. The van der Waals surface area contributed by atoms with E-state index in [0.29, 0.717) is 24.7 Å². The van der Waals surface area contributed by atoms with Crippen LogP contribution >= 0.6 is 12.4 Å². The van der Waals surface area contributed by atoms with Crippen LogP contribution in [0, 0.1) is 11.8 Å². The maximum atomic E-state index is 5.37. The Balaban J connectivity index is 0.00000128. The average Bonchev–Trinajstić information content (AvgIpc) is 2.71. The van der Waals surface area contributed by atoms with Crippen LogP contribution in [0.15, 0.2) is 18.2 Å². The van der Waals surface area contributed by atoms with Crippen LogP contribution in [0.3, 0.4) is 0 Å². The van der Waals surface area contributed by atoms with Crippen LogP contribution in [-0.2, 0) is 0 Å². The van der Waals surface area contributed by atoms with Gasteiger partial charge in [-0.2, -0.15) is 0 Å². The van der Waals surface area contributed by atoms with Gasteiger partial charge in [0.2, 0.25) is 6.79 Å². The van der Waals surface area contributed by atoms with Crippen molar-refractivity contribution in [2.24, 2.45) is 5.73 Å². The topological polar surface area (TPSA) is 53.7 Å². The predicted molar refractivity (Wildman–Crippen MR) is 62.1 cm³/mol. The largest absolute Gasteiger partial charge is 0.481 e. The number of fused-ring (bicyclic) bond motifs is 1. The molecule has 0 aliphatic carbocycles. The molecule has 0 aromatic heterocycles. The summed E-state index contributed by atoms with van der Waals surface area (Å²) in [7, 11) is 0. The maximum absolute atomic E-state index is 5.37. The van der Waals surface area contributed by atoms with Crippen LogP contribution in [0.2, 0.25) is 0 Å². The highest BCUT2D eigenvalue weighted by atomic mass is 35.5. The Hall–Kier alpha value is -1.57. The molecule has 16 heavy (non-hydrogen) atoms. The van der Waals surface area contributed by atoms with Crippen molar-refractivity contribution in [1.82, 2.24) is 0 Å². The van der Waals surface area contributed by atoms with Gasteiger partial charge in [-0.25, -0.2) is 0 Å². The van der Waals surface area contributed by atoms with Gasteiger partial charge in [-0.05, 0) is 12.1 Å². The molecule has 4 nitrogen and oxygen atoms in total. The van der Waals surface area contributed by atoms with Crippen molar-refractivity contribution in [1.29, 1.82) is 0 Å². The second-order valence-corrected chi connectivity index (χ2v) is 2.86. The van der Waals surface area contributed by atoms with E-state index < -0.39 is 0 Å². The second kappa shape index (κ2) is 6.11. The van der Waals surface area contributed by atoms with Gasteiger partial charge in [0.15, 0.2) is 11.5 Å². The molecule has 0 unspecified atom stereocenters. The Labute approximate surface area is 100 Å². The molecule has 0 bridgehead atoms. The third-order valence-electron chi connectivity index (χ3n) is 1.88. The standard InChI is InChI=1S/C11H11NO3.ClH/c12-5-1-2-6-13-9-3-4-10-11(7-9)15-8-14-10;/h3-4,7H,5-6,8,12H2;1H. The molecule has 1 aromatic rings. The lowest BCUT2D eigenvalue weighted by atomic mass is 10.3. The average molecular weight is 242 g/mol. The van der Waals surface area contributed by atoms with Crippen molar-refractivity contribution in [3.05, 3.63) is 18.2 Å². The van der Waals surface area contributed by atoms with Crippen molar-refractivity contribution in [2.75, 3.05) is 19.9 Å². The van der Waals surface area contributed by atoms with Crippen LogP contribution in [0.5, 0.6) is 17.2 Å². The first-order chi connectivity index (χ1) is 7.40. The zero-order valence-corrected chi connectivity index (χ0v) is 9.38. The number of ether oxygens (including phenoxy) is 3. The molecule has 0 saturated heterocycles. The summed E-state index contributed by atoms with van der Waals surface area (Å²) in [5.41, 5.74) is 5.22. The van der Waals surface area contributed by atoms with Gasteiger partial charge in [-0.1, -0.05) is 11.8 Å². The lowest BCUT2D eigenvalue weighted by molar-refractivity contribution is 0.174. The van der Waals surface area contributed by atoms with Crippen molar-refractivity contribution >= 4 is 12.4 Å². The SMILES string of the molecule is Cl.NCC#CCOc1ccc2c(c1)OCO2. The molecule has 86 valence electrons. The lowest BCUT2D eigenvalue weighted by Crippen LogP contribution is -1.97. The summed E-state index contributed by atoms with van der Waals surface area (Å²) in [4.78, 5) is 0. The first-order valence-corrected chi connectivity index (χ1v) is 4.58. The molecule has 1 aromatic carbocycles. The second-order valence-electron chi connectivity index (χ2n) is 2.86. The molecular weight excluding hydrogens is 230 g/mol. The van der Waals surface area contributed by atoms with E-state index in [4.69, 9.17) is 19.9 Å². The maximum Gasteiger partial charge on any atom is 0.231 e. The van der Waals surface area contributed by atoms with Crippen LogP contribution in [0.4, 0.5) is 0 Å². The van der Waals surface area contributed by atoms with Crippen molar-refractivity contribution in [3.63, 3.8) is 0 Å². The van der Waals surface area contributed by atoms with Gasteiger partial charge in [-0.3, -0.25) is 0 Å². The Morgan fingerprint density at radius 1 is 1.25 bits per heavy atom. The van der Waals surface area contributed by atoms with Gasteiger partial charge in [-0.15, -0.1) is 12.4 Å². The van der Waals surface area contributed by atoms with Crippen molar-refractivity contribution in [2.45, 2.75) is 0 Å². The van der Waals surface area contributed by atoms with Gasteiger partial charge in [0.1, 0.15) is 12.4 Å². The summed E-state index contributed by atoms with van der Waals surface area (Å²) in [6.07, 6.45) is 0. The van der Waals surface area contributed by atoms with Gasteiger partial charge >= 0.3 is 0 Å². The Kier molecular flexibility index (Phi) is 4.77. The number of rotatable bonds is 2. The molecule has 5 heteroatoms. The zero-order valence-electron chi connectivity index (χ0n) is 8.56. The molecule has 1 heterocycles. The fourth-order valence-corrected chi connectivity index (χ4v) is 1.21. The fourth-order valence-electron chi connectivity index (χ4n) is 1.21. The summed E-state index contributed by atoms with van der Waals surface area (Å²) < 4.78 is 15.8. The van der Waals surface area contributed by atoms with Crippen molar-refractivity contribution in [3.8, 4) is 29.1 Å². The molecular formula is C11H12ClNO3. The molecule has 1 aliphatic rings. The Morgan fingerprint density at radius 3 is 2.88 bits per heavy atom. The minimum absolute atomic E-state index is 0. The monoisotopic (exact) mass is 241 g/mol. The summed E-state index contributed by atoms with van der Waals surface area (Å²) in [5, 5.41) is 0. The molecule has 2 rings (SSSR count). The summed E-state index contributed by atoms with van der Waals surface area (Å²) in [6, 6.07) is 5.41. The molecule has 0 atom stereocenters. The van der Waals surface area contributed by atoms with E-state index in [0.717, 1.165) is 5.75 Å². The smallest absolute Gasteiger partial charge is 0.231 e. The van der Waals surface area contributed by atoms with Crippen LogP contribution in [-0.4, -0.2) is 19.9 Å². The quantitative estimate of drug-likeness (QED) is 0.790. The molecule has 0 radical (unpaired) electrons. The summed E-state index contributed by atoms with van der Waals surface area (Å²) in [5.74, 6) is 7.67. The fraction of sp³-hybridized carbons (Fsp3) is 0.273. The normalized spacial score (nSPS) is 11.1. The Morgan fingerprint density at radius 2 is 2.06 bits per heavy atom. The lowest BCUT2D eigenvalue weighted by Gasteiger charge is -2.02. The van der Waals surface area contributed by atoms with Crippen LogP contribution in [0.25, 0.3) is 0 Å². The first-order valence-electron chi connectivity index (χ1n) is 4.58. The number of benzene rings is 1. The van der Waals surface area contributed by atoms with E-state index >= 15 is 0 Å². The van der Waals surface area contributed by atoms with E-state index in [2.05, 4.69) is 11.8 Å². The van der Waals surface area contributed by atoms with Gasteiger partial charge < -0.3 is 19.9 Å². The third-order valence-corrected chi connectivity index (χ3v) is 1.88. The number of nitrogens with two attached hydrogens (primary N) is 1. The molecule has 1 aliphatic heterocycles. The van der Waals surface area contributed by atoms with E-state index in [1.54, 1.807) is 6.07 Å². The zero-order chi connectivity index (χ0) is 10.5. The minimum Gasteiger partial charge on any atom is -0.481 e. The van der Waals surface area contributed by atoms with E-state index in [1.165, 1.54) is 0 Å². The van der Waals surface area contributed by atoms with Gasteiger partial charge in [0.25, 0.3) is 0 Å². The van der Waals surface area contributed by atoms with E-state index in [-0.39, 0.29) is 19.2 Å². The van der Waals surface area contributed by atoms with Crippen LogP contribution in [0.1, 0.15) is 0 Å². The molecule has 0 amide bonds. The van der Waals surface area contributed by atoms with Crippen molar-refractivity contribution < 1.29 is 14.2 Å². The number of hydrogen-bond acceptors (Lipinski definition) is 4.